The predicted molar refractivity (Wildman–Crippen MR) is 87.8 cm³/mol. The highest BCUT2D eigenvalue weighted by Crippen LogP contribution is 2.22. The summed E-state index contributed by atoms with van der Waals surface area (Å²) in [6.45, 7) is 6.50. The van der Waals surface area contributed by atoms with Crippen molar-refractivity contribution in [2.75, 3.05) is 26.7 Å². The van der Waals surface area contributed by atoms with Crippen LogP contribution in [0, 0.1) is 0 Å². The number of nitrogens with one attached hydrogen (secondary N) is 1. The minimum Gasteiger partial charge on any atom is -0.305 e. The highest BCUT2D eigenvalue weighted by molar-refractivity contribution is 9.10. The van der Waals surface area contributed by atoms with Crippen molar-refractivity contribution in [1.29, 1.82) is 0 Å². The molecule has 0 radical (unpaired) electrons. The third-order valence-electron chi connectivity index (χ3n) is 4.00. The van der Waals surface area contributed by atoms with E-state index in [1.54, 1.807) is 0 Å². The molecule has 116 valence electrons. The van der Waals surface area contributed by atoms with Crippen molar-refractivity contribution in [3.8, 4) is 0 Å². The molecule has 5 nitrogen and oxygen atoms in total. The van der Waals surface area contributed by atoms with Crippen LogP contribution in [0.15, 0.2) is 22.7 Å². The Hall–Kier alpha value is -0.950. The Labute approximate surface area is 134 Å². The summed E-state index contributed by atoms with van der Waals surface area (Å²) in [7, 11) is 2.18. The molecular weight excluding hydrogens is 332 g/mol. The maximum Gasteiger partial charge on any atom is 0.265 e. The molecule has 1 saturated heterocycles. The smallest absolute Gasteiger partial charge is 0.265 e. The molecule has 1 aromatic carbocycles. The molecule has 0 bridgehead atoms. The van der Waals surface area contributed by atoms with E-state index < -0.39 is 0 Å². The topological polar surface area (TPSA) is 61.6 Å². The number of benzene rings is 1. The Morgan fingerprint density at radius 3 is 2.90 bits per heavy atom. The summed E-state index contributed by atoms with van der Waals surface area (Å²) in [5, 5.41) is 0. The zero-order valence-corrected chi connectivity index (χ0v) is 14.2. The summed E-state index contributed by atoms with van der Waals surface area (Å²) in [5.41, 5.74) is 3.91. The first kappa shape index (κ1) is 16.4. The molecule has 0 aliphatic carbocycles. The Bertz CT molecular complexity index is 508. The lowest BCUT2D eigenvalue weighted by Gasteiger charge is -2.28. The molecule has 0 aromatic heterocycles. The first-order valence-corrected chi connectivity index (χ1v) is 8.02. The van der Waals surface area contributed by atoms with Crippen molar-refractivity contribution in [2.45, 2.75) is 25.9 Å². The molecule has 1 aliphatic heterocycles. The second-order valence-corrected chi connectivity index (χ2v) is 6.57. The fourth-order valence-corrected chi connectivity index (χ4v) is 3.28. The van der Waals surface area contributed by atoms with Crippen molar-refractivity contribution < 1.29 is 4.79 Å². The van der Waals surface area contributed by atoms with Gasteiger partial charge < -0.3 is 4.90 Å². The zero-order chi connectivity index (χ0) is 15.4. The van der Waals surface area contributed by atoms with Gasteiger partial charge in [0.15, 0.2) is 0 Å². The normalized spacial score (nSPS) is 21.0. The average Bonchev–Trinajstić information content (AvgIpc) is 2.61. The SMILES string of the molecule is CC1CN(C)CCCN1Cc1ccc(C(=O)NN)cc1Br. The third kappa shape index (κ3) is 4.26. The van der Waals surface area contributed by atoms with Crippen LogP contribution in [0.25, 0.3) is 0 Å². The van der Waals surface area contributed by atoms with E-state index >= 15 is 0 Å². The number of nitrogens with two attached hydrogens (primary N) is 1. The second kappa shape index (κ2) is 7.35. The van der Waals surface area contributed by atoms with Crippen LogP contribution in [-0.4, -0.2) is 48.4 Å². The maximum atomic E-state index is 11.5. The first-order chi connectivity index (χ1) is 10.0. The van der Waals surface area contributed by atoms with Crippen LogP contribution in [0.2, 0.25) is 0 Å². The number of hydrazine groups is 1. The standard InChI is InChI=1S/C15H23BrN4O/c1-11-9-19(2)6-3-7-20(11)10-13-5-4-12(8-14(13)16)15(21)18-17/h4-5,8,11H,3,6-7,9-10,17H2,1-2H3,(H,18,21). The number of amides is 1. The minimum absolute atomic E-state index is 0.271. The molecule has 0 spiro atoms. The summed E-state index contributed by atoms with van der Waals surface area (Å²) in [6.07, 6.45) is 1.19. The molecule has 0 saturated carbocycles. The summed E-state index contributed by atoms with van der Waals surface area (Å²) in [5.74, 6) is 4.89. The molecule has 2 rings (SSSR count). The van der Waals surface area contributed by atoms with E-state index in [1.165, 1.54) is 12.0 Å². The molecular formula is C15H23BrN4O. The lowest BCUT2D eigenvalue weighted by Crippen LogP contribution is -2.37. The first-order valence-electron chi connectivity index (χ1n) is 7.23. The lowest BCUT2D eigenvalue weighted by atomic mass is 10.1. The van der Waals surface area contributed by atoms with E-state index in [2.05, 4.69) is 45.1 Å². The number of nitrogen functional groups attached to an aromatic ring is 1. The van der Waals surface area contributed by atoms with Crippen molar-refractivity contribution in [3.63, 3.8) is 0 Å². The molecule has 21 heavy (non-hydrogen) atoms. The average molecular weight is 355 g/mol. The molecule has 1 heterocycles. The highest BCUT2D eigenvalue weighted by Gasteiger charge is 2.20. The number of halogens is 1. The molecule has 1 aliphatic rings. The van der Waals surface area contributed by atoms with Crippen molar-refractivity contribution in [1.82, 2.24) is 15.2 Å². The van der Waals surface area contributed by atoms with E-state index in [1.807, 2.05) is 18.2 Å². The van der Waals surface area contributed by atoms with Gasteiger partial charge in [-0.15, -0.1) is 0 Å². The number of rotatable bonds is 3. The van der Waals surface area contributed by atoms with E-state index in [4.69, 9.17) is 5.84 Å². The van der Waals surface area contributed by atoms with Crippen molar-refractivity contribution in [2.24, 2.45) is 5.84 Å². The molecule has 3 N–H and O–H groups in total. The van der Waals surface area contributed by atoms with Gasteiger partial charge in [0.1, 0.15) is 0 Å². The van der Waals surface area contributed by atoms with Crippen molar-refractivity contribution >= 4 is 21.8 Å². The quantitative estimate of drug-likeness (QED) is 0.491. The summed E-state index contributed by atoms with van der Waals surface area (Å²) in [6, 6.07) is 6.16. The minimum atomic E-state index is -0.271. The lowest BCUT2D eigenvalue weighted by molar-refractivity contribution is 0.0953. The van der Waals surface area contributed by atoms with Gasteiger partial charge in [0.2, 0.25) is 0 Å². The summed E-state index contributed by atoms with van der Waals surface area (Å²) in [4.78, 5) is 16.4. The second-order valence-electron chi connectivity index (χ2n) is 5.71. The predicted octanol–water partition coefficient (Wildman–Crippen LogP) is 1.58. The Kier molecular flexibility index (Phi) is 5.75. The van der Waals surface area contributed by atoms with Crippen LogP contribution in [0.5, 0.6) is 0 Å². The van der Waals surface area contributed by atoms with E-state index in [-0.39, 0.29) is 5.91 Å². The number of hydrogen-bond acceptors (Lipinski definition) is 4. The van der Waals surface area contributed by atoms with Crippen LogP contribution in [0.1, 0.15) is 29.3 Å². The molecule has 6 heteroatoms. The fourth-order valence-electron chi connectivity index (χ4n) is 2.78. The number of carbonyl (C=O) groups is 1. The Morgan fingerprint density at radius 1 is 1.48 bits per heavy atom. The van der Waals surface area contributed by atoms with Crippen LogP contribution < -0.4 is 11.3 Å². The van der Waals surface area contributed by atoms with Gasteiger partial charge in [-0.25, -0.2) is 5.84 Å². The van der Waals surface area contributed by atoms with Gasteiger partial charge in [-0.1, -0.05) is 22.0 Å². The van der Waals surface area contributed by atoms with Gasteiger partial charge in [0, 0.05) is 35.7 Å². The van der Waals surface area contributed by atoms with Crippen LogP contribution in [0.3, 0.4) is 0 Å². The Morgan fingerprint density at radius 2 is 2.24 bits per heavy atom. The van der Waals surface area contributed by atoms with Gasteiger partial charge in [-0.3, -0.25) is 15.1 Å². The van der Waals surface area contributed by atoms with Gasteiger partial charge in [-0.2, -0.15) is 0 Å². The number of hydrogen-bond donors (Lipinski definition) is 2. The molecule has 1 unspecified atom stereocenters. The number of likely N-dealkylation sites (N-methyl/N-ethyl adjacent to an activating group) is 1. The van der Waals surface area contributed by atoms with Crippen LogP contribution in [0.4, 0.5) is 0 Å². The maximum absolute atomic E-state index is 11.5. The van der Waals surface area contributed by atoms with E-state index in [0.717, 1.165) is 30.7 Å². The van der Waals surface area contributed by atoms with Gasteiger partial charge in [-0.05, 0) is 44.6 Å². The van der Waals surface area contributed by atoms with Gasteiger partial charge >= 0.3 is 0 Å². The monoisotopic (exact) mass is 354 g/mol. The number of carbonyl (C=O) groups excluding carboxylic acids is 1. The largest absolute Gasteiger partial charge is 0.305 e. The van der Waals surface area contributed by atoms with Crippen molar-refractivity contribution in [3.05, 3.63) is 33.8 Å². The third-order valence-corrected chi connectivity index (χ3v) is 4.74. The van der Waals surface area contributed by atoms with E-state index in [9.17, 15) is 4.79 Å². The fraction of sp³-hybridized carbons (Fsp3) is 0.533. The molecule has 1 atom stereocenters. The van der Waals surface area contributed by atoms with E-state index in [0.29, 0.717) is 11.6 Å². The zero-order valence-electron chi connectivity index (χ0n) is 12.6. The summed E-state index contributed by atoms with van der Waals surface area (Å²) >= 11 is 3.56. The van der Waals surface area contributed by atoms with Crippen LogP contribution >= 0.6 is 15.9 Å². The Balaban J connectivity index is 2.10. The summed E-state index contributed by atoms with van der Waals surface area (Å²) < 4.78 is 0.952. The molecule has 1 amide bonds. The number of nitrogens with zero attached hydrogens (tertiary/aromatic N) is 2. The molecule has 1 fully saturated rings. The van der Waals surface area contributed by atoms with Gasteiger partial charge in [0.25, 0.3) is 5.91 Å². The molecule has 1 aromatic rings. The highest BCUT2D eigenvalue weighted by atomic mass is 79.9. The van der Waals surface area contributed by atoms with Crippen LogP contribution in [-0.2, 0) is 6.54 Å². The van der Waals surface area contributed by atoms with Gasteiger partial charge in [0.05, 0.1) is 0 Å².